The van der Waals surface area contributed by atoms with E-state index in [0.717, 1.165) is 11.4 Å². The monoisotopic (exact) mass is 235 g/mol. The van der Waals surface area contributed by atoms with Gasteiger partial charge in [0.05, 0.1) is 0 Å². The summed E-state index contributed by atoms with van der Waals surface area (Å²) in [5.74, 6) is 1.01. The van der Waals surface area contributed by atoms with Crippen molar-refractivity contribution in [3.63, 3.8) is 0 Å². The summed E-state index contributed by atoms with van der Waals surface area (Å²) in [5.41, 5.74) is 8.05. The fourth-order valence-corrected chi connectivity index (χ4v) is 3.15. The molecule has 0 aliphatic rings. The van der Waals surface area contributed by atoms with Crippen LogP contribution in [0, 0.1) is 6.92 Å². The number of hydrogen-bond donors (Lipinski definition) is 1. The van der Waals surface area contributed by atoms with Crippen molar-refractivity contribution < 1.29 is 0 Å². The van der Waals surface area contributed by atoms with Gasteiger partial charge in [0.15, 0.2) is 0 Å². The molecule has 0 atom stereocenters. The summed E-state index contributed by atoms with van der Waals surface area (Å²) >= 11 is 3.59. The molecule has 0 radical (unpaired) electrons. The number of thiophene rings is 1. The van der Waals surface area contributed by atoms with Gasteiger partial charge >= 0.3 is 0 Å². The zero-order chi connectivity index (χ0) is 10.7. The number of rotatable bonds is 3. The van der Waals surface area contributed by atoms with Crippen molar-refractivity contribution in [2.75, 3.05) is 5.73 Å². The molecule has 1 heterocycles. The molecule has 0 spiro atoms. The third-order valence-corrected chi connectivity index (χ3v) is 4.30. The van der Waals surface area contributed by atoms with Gasteiger partial charge in [0.2, 0.25) is 0 Å². The third-order valence-electron chi connectivity index (χ3n) is 2.12. The van der Waals surface area contributed by atoms with E-state index in [4.69, 9.17) is 5.73 Å². The molecular weight excluding hydrogens is 222 g/mol. The lowest BCUT2D eigenvalue weighted by molar-refractivity contribution is 1.36. The number of nitrogen functional groups attached to an aromatic ring is 1. The molecule has 0 saturated heterocycles. The topological polar surface area (TPSA) is 26.0 Å². The molecule has 15 heavy (non-hydrogen) atoms. The van der Waals surface area contributed by atoms with Gasteiger partial charge in [-0.2, -0.15) is 0 Å². The first-order valence-corrected chi connectivity index (χ1v) is 6.63. The molecule has 0 fully saturated rings. The molecule has 1 nitrogen and oxygen atoms in total. The summed E-state index contributed by atoms with van der Waals surface area (Å²) in [5, 5.41) is 2.11. The molecule has 78 valence electrons. The van der Waals surface area contributed by atoms with Gasteiger partial charge in [0.25, 0.3) is 0 Å². The van der Waals surface area contributed by atoms with Gasteiger partial charge in [-0.15, -0.1) is 23.1 Å². The van der Waals surface area contributed by atoms with Crippen molar-refractivity contribution in [3.05, 3.63) is 46.2 Å². The van der Waals surface area contributed by atoms with E-state index in [1.165, 1.54) is 15.3 Å². The Morgan fingerprint density at radius 2 is 2.20 bits per heavy atom. The van der Waals surface area contributed by atoms with Crippen molar-refractivity contribution in [1.82, 2.24) is 0 Å². The first-order valence-electron chi connectivity index (χ1n) is 4.77. The summed E-state index contributed by atoms with van der Waals surface area (Å²) in [4.78, 5) is 2.57. The highest BCUT2D eigenvalue weighted by molar-refractivity contribution is 7.98. The Balaban J connectivity index is 2.07. The average Bonchev–Trinajstić information content (AvgIpc) is 2.72. The number of benzene rings is 1. The largest absolute Gasteiger partial charge is 0.398 e. The first-order chi connectivity index (χ1) is 7.25. The Labute approximate surface area is 98.3 Å². The van der Waals surface area contributed by atoms with E-state index in [-0.39, 0.29) is 0 Å². The van der Waals surface area contributed by atoms with Gasteiger partial charge in [0.1, 0.15) is 0 Å². The maximum absolute atomic E-state index is 5.91. The summed E-state index contributed by atoms with van der Waals surface area (Å²) < 4.78 is 0. The second-order valence-electron chi connectivity index (χ2n) is 3.41. The number of thioether (sulfide) groups is 1. The molecule has 0 saturated carbocycles. The molecule has 2 aromatic rings. The molecule has 2 N–H and O–H groups in total. The second kappa shape index (κ2) is 4.73. The van der Waals surface area contributed by atoms with Gasteiger partial charge in [-0.25, -0.2) is 0 Å². The van der Waals surface area contributed by atoms with E-state index in [2.05, 4.69) is 30.5 Å². The lowest BCUT2D eigenvalue weighted by Gasteiger charge is -2.05. The van der Waals surface area contributed by atoms with Crippen LogP contribution in [0.3, 0.4) is 0 Å². The van der Waals surface area contributed by atoms with Gasteiger partial charge in [-0.05, 0) is 36.1 Å². The zero-order valence-electron chi connectivity index (χ0n) is 8.57. The molecule has 3 heteroatoms. The molecule has 1 aromatic heterocycles. The van der Waals surface area contributed by atoms with Crippen molar-refractivity contribution in [3.8, 4) is 0 Å². The lowest BCUT2D eigenvalue weighted by atomic mass is 10.2. The highest BCUT2D eigenvalue weighted by Crippen LogP contribution is 2.30. The van der Waals surface area contributed by atoms with Crippen LogP contribution in [0.5, 0.6) is 0 Å². The Kier molecular flexibility index (Phi) is 3.34. The molecule has 0 unspecified atom stereocenters. The van der Waals surface area contributed by atoms with Crippen molar-refractivity contribution in [1.29, 1.82) is 0 Å². The van der Waals surface area contributed by atoms with Gasteiger partial charge < -0.3 is 5.73 Å². The molecule has 0 aliphatic heterocycles. The first kappa shape index (κ1) is 10.6. The van der Waals surface area contributed by atoms with Crippen LogP contribution in [-0.4, -0.2) is 0 Å². The fourth-order valence-electron chi connectivity index (χ4n) is 1.31. The minimum atomic E-state index is 0.877. The van der Waals surface area contributed by atoms with Crippen LogP contribution in [0.15, 0.2) is 40.6 Å². The normalized spacial score (nSPS) is 10.5. The summed E-state index contributed by atoms with van der Waals surface area (Å²) in [6, 6.07) is 10.4. The standard InChI is InChI=1S/C12H13NS2/c1-9-4-5-11(13)12(7-9)15-8-10-3-2-6-14-10/h2-7H,8,13H2,1H3. The Morgan fingerprint density at radius 3 is 2.93 bits per heavy atom. The lowest BCUT2D eigenvalue weighted by Crippen LogP contribution is -1.89. The SMILES string of the molecule is Cc1ccc(N)c(SCc2cccs2)c1. The quantitative estimate of drug-likeness (QED) is 0.644. The molecule has 1 aromatic carbocycles. The van der Waals surface area contributed by atoms with Gasteiger partial charge in [-0.3, -0.25) is 0 Å². The Bertz CT molecular complexity index is 435. The summed E-state index contributed by atoms with van der Waals surface area (Å²) in [6.45, 7) is 2.09. The van der Waals surface area contributed by atoms with E-state index in [9.17, 15) is 0 Å². The van der Waals surface area contributed by atoms with E-state index in [1.54, 1.807) is 23.1 Å². The second-order valence-corrected chi connectivity index (χ2v) is 5.46. The van der Waals surface area contributed by atoms with Crippen LogP contribution in [0.1, 0.15) is 10.4 Å². The van der Waals surface area contributed by atoms with E-state index in [0.29, 0.717) is 0 Å². The highest BCUT2D eigenvalue weighted by Gasteiger charge is 2.01. The zero-order valence-corrected chi connectivity index (χ0v) is 10.2. The van der Waals surface area contributed by atoms with Crippen molar-refractivity contribution in [2.45, 2.75) is 17.6 Å². The van der Waals surface area contributed by atoms with Crippen molar-refractivity contribution >= 4 is 28.8 Å². The predicted octanol–water partition coefficient (Wildman–Crippen LogP) is 3.93. The molecular formula is C12H13NS2. The van der Waals surface area contributed by atoms with Crippen molar-refractivity contribution in [2.24, 2.45) is 0 Å². The van der Waals surface area contributed by atoms with Crippen LogP contribution in [0.4, 0.5) is 5.69 Å². The molecule has 0 amide bonds. The smallest absolute Gasteiger partial charge is 0.0452 e. The minimum absolute atomic E-state index is 0.877. The van der Waals surface area contributed by atoms with E-state index >= 15 is 0 Å². The summed E-state index contributed by atoms with van der Waals surface area (Å²) in [7, 11) is 0. The number of anilines is 1. The van der Waals surface area contributed by atoms with E-state index < -0.39 is 0 Å². The van der Waals surface area contributed by atoms with Gasteiger partial charge in [0, 0.05) is 21.2 Å². The van der Waals surface area contributed by atoms with E-state index in [1.807, 2.05) is 12.1 Å². The Morgan fingerprint density at radius 1 is 1.33 bits per heavy atom. The molecule has 0 aliphatic carbocycles. The van der Waals surface area contributed by atoms with Gasteiger partial charge in [-0.1, -0.05) is 12.1 Å². The van der Waals surface area contributed by atoms with Crippen LogP contribution in [-0.2, 0) is 5.75 Å². The maximum atomic E-state index is 5.91. The summed E-state index contributed by atoms with van der Waals surface area (Å²) in [6.07, 6.45) is 0. The average molecular weight is 235 g/mol. The number of nitrogens with two attached hydrogens (primary N) is 1. The maximum Gasteiger partial charge on any atom is 0.0452 e. The third kappa shape index (κ3) is 2.76. The number of hydrogen-bond acceptors (Lipinski definition) is 3. The fraction of sp³-hybridized carbons (Fsp3) is 0.167. The van der Waals surface area contributed by atoms with Crippen LogP contribution < -0.4 is 5.73 Å². The predicted molar refractivity (Wildman–Crippen MR) is 69.5 cm³/mol. The number of aryl methyl sites for hydroxylation is 1. The highest BCUT2D eigenvalue weighted by atomic mass is 32.2. The molecule has 2 rings (SSSR count). The minimum Gasteiger partial charge on any atom is -0.398 e. The Hall–Kier alpha value is -0.930. The molecule has 0 bridgehead atoms. The van der Waals surface area contributed by atoms with Crippen LogP contribution in [0.2, 0.25) is 0 Å². The van der Waals surface area contributed by atoms with Crippen LogP contribution in [0.25, 0.3) is 0 Å². The van der Waals surface area contributed by atoms with Crippen LogP contribution >= 0.6 is 23.1 Å².